The van der Waals surface area contributed by atoms with Gasteiger partial charge in [0.2, 0.25) is 5.95 Å². The average Bonchev–Trinajstić information content (AvgIpc) is 3.17. The molecule has 1 aromatic carbocycles. The van der Waals surface area contributed by atoms with E-state index in [1.165, 1.54) is 5.70 Å². The molecule has 0 spiro atoms. The minimum Gasteiger partial charge on any atom is -0.387 e. The SMILES string of the molecule is Cc1ccc(NC(=O)C2=CC=CC(C)(CNC3=CC=CCC3)C=C2)cc1Nc1nccc(-c2ccncc2)n1. The minimum absolute atomic E-state index is 0.168. The van der Waals surface area contributed by atoms with E-state index in [0.29, 0.717) is 17.2 Å². The van der Waals surface area contributed by atoms with Crippen molar-refractivity contribution in [1.29, 1.82) is 0 Å². The Morgan fingerprint density at radius 3 is 2.72 bits per heavy atom. The van der Waals surface area contributed by atoms with Crippen LogP contribution in [0.15, 0.2) is 115 Å². The molecule has 2 aromatic heterocycles. The number of carbonyl (C=O) groups excluding carboxylic acids is 1. The second kappa shape index (κ2) is 11.7. The Hall–Kier alpha value is -4.78. The highest BCUT2D eigenvalue weighted by molar-refractivity contribution is 6.06. The third-order valence-electron chi connectivity index (χ3n) is 6.74. The molecule has 5 rings (SSSR count). The van der Waals surface area contributed by atoms with Gasteiger partial charge in [0.1, 0.15) is 0 Å². The van der Waals surface area contributed by atoms with Crippen LogP contribution in [0.2, 0.25) is 0 Å². The highest BCUT2D eigenvalue weighted by Gasteiger charge is 2.20. The number of aryl methyl sites for hydroxylation is 1. The molecule has 0 bridgehead atoms. The van der Waals surface area contributed by atoms with Crippen molar-refractivity contribution in [2.45, 2.75) is 26.7 Å². The Morgan fingerprint density at radius 2 is 1.90 bits per heavy atom. The molecule has 0 radical (unpaired) electrons. The molecule has 7 nitrogen and oxygen atoms in total. The summed E-state index contributed by atoms with van der Waals surface area (Å²) in [6.07, 6.45) is 23.6. The van der Waals surface area contributed by atoms with Gasteiger partial charge >= 0.3 is 0 Å². The van der Waals surface area contributed by atoms with E-state index >= 15 is 0 Å². The van der Waals surface area contributed by atoms with Crippen LogP contribution in [0.3, 0.4) is 0 Å². The molecule has 39 heavy (non-hydrogen) atoms. The van der Waals surface area contributed by atoms with Gasteiger partial charge in [-0.05, 0) is 67.8 Å². The minimum atomic E-state index is -0.202. The van der Waals surface area contributed by atoms with E-state index in [2.05, 4.69) is 68.2 Å². The normalized spacial score (nSPS) is 18.1. The Labute approximate surface area is 229 Å². The molecule has 3 aromatic rings. The lowest BCUT2D eigenvalue weighted by atomic mass is 9.89. The number of allylic oxidation sites excluding steroid dienone is 6. The molecule has 2 aliphatic rings. The molecule has 1 amide bonds. The van der Waals surface area contributed by atoms with Crippen LogP contribution in [-0.4, -0.2) is 27.4 Å². The van der Waals surface area contributed by atoms with E-state index in [1.807, 2.05) is 61.5 Å². The number of aromatic nitrogens is 3. The molecular formula is C32H32N6O. The van der Waals surface area contributed by atoms with Crippen molar-refractivity contribution >= 4 is 23.2 Å². The first-order valence-electron chi connectivity index (χ1n) is 13.1. The zero-order chi connectivity index (χ0) is 27.1. The van der Waals surface area contributed by atoms with Gasteiger partial charge in [0.15, 0.2) is 0 Å². The summed E-state index contributed by atoms with van der Waals surface area (Å²) in [5.74, 6) is 0.308. The third kappa shape index (κ3) is 6.76. The first-order valence-corrected chi connectivity index (χ1v) is 13.1. The van der Waals surface area contributed by atoms with Crippen LogP contribution in [0, 0.1) is 12.3 Å². The number of amides is 1. The number of benzene rings is 1. The molecule has 2 heterocycles. The van der Waals surface area contributed by atoms with Gasteiger partial charge < -0.3 is 16.0 Å². The fraction of sp³-hybridized carbons (Fsp3) is 0.188. The number of rotatable bonds is 8. The van der Waals surface area contributed by atoms with Crippen LogP contribution >= 0.6 is 0 Å². The largest absolute Gasteiger partial charge is 0.387 e. The molecule has 0 saturated heterocycles. The predicted molar refractivity (Wildman–Crippen MR) is 157 cm³/mol. The number of anilines is 3. The van der Waals surface area contributed by atoms with E-state index in [9.17, 15) is 4.79 Å². The third-order valence-corrected chi connectivity index (χ3v) is 6.74. The Balaban J connectivity index is 1.25. The summed E-state index contributed by atoms with van der Waals surface area (Å²) in [5.41, 5.74) is 5.90. The van der Waals surface area contributed by atoms with Crippen LogP contribution in [0.5, 0.6) is 0 Å². The fourth-order valence-corrected chi connectivity index (χ4v) is 4.35. The van der Waals surface area contributed by atoms with Crippen molar-refractivity contribution in [2.24, 2.45) is 5.41 Å². The smallest absolute Gasteiger partial charge is 0.255 e. The topological polar surface area (TPSA) is 91.8 Å². The number of carbonyl (C=O) groups is 1. The predicted octanol–water partition coefficient (Wildman–Crippen LogP) is 6.41. The van der Waals surface area contributed by atoms with Crippen LogP contribution in [0.4, 0.5) is 17.3 Å². The second-order valence-corrected chi connectivity index (χ2v) is 9.94. The Morgan fingerprint density at radius 1 is 1.03 bits per heavy atom. The maximum Gasteiger partial charge on any atom is 0.255 e. The van der Waals surface area contributed by atoms with E-state index in [-0.39, 0.29) is 11.3 Å². The molecule has 2 aliphatic carbocycles. The summed E-state index contributed by atoms with van der Waals surface area (Å²) in [5, 5.41) is 9.87. The Bertz CT molecular complexity index is 1500. The van der Waals surface area contributed by atoms with Crippen molar-refractivity contribution in [3.05, 3.63) is 120 Å². The monoisotopic (exact) mass is 516 g/mol. The van der Waals surface area contributed by atoms with Gasteiger partial charge in [0, 0.05) is 58.8 Å². The summed E-state index contributed by atoms with van der Waals surface area (Å²) >= 11 is 0. The standard InChI is InChI=1S/C32H32N6O/c1-23-10-11-27(21-29(23)38-31-34-20-15-28(37-31)24-13-18-33-19-14-24)36-30(39)25-7-6-16-32(2,17-12-25)22-35-26-8-4-3-5-9-26/h3-4,6-8,10-21,35H,5,9,22H2,1-2H3,(H,36,39)(H,34,37,38). The number of hydrogen-bond donors (Lipinski definition) is 3. The summed E-state index contributed by atoms with van der Waals surface area (Å²) in [4.78, 5) is 26.2. The Kier molecular flexibility index (Phi) is 7.78. The number of nitrogens with one attached hydrogen (secondary N) is 3. The van der Waals surface area contributed by atoms with Crippen molar-refractivity contribution < 1.29 is 4.79 Å². The van der Waals surface area contributed by atoms with Gasteiger partial charge in [-0.3, -0.25) is 9.78 Å². The van der Waals surface area contributed by atoms with Crippen LogP contribution < -0.4 is 16.0 Å². The van der Waals surface area contributed by atoms with Crippen molar-refractivity contribution in [3.63, 3.8) is 0 Å². The number of nitrogens with zero attached hydrogens (tertiary/aromatic N) is 3. The highest BCUT2D eigenvalue weighted by atomic mass is 16.1. The number of pyridine rings is 1. The first-order chi connectivity index (χ1) is 19.0. The highest BCUT2D eigenvalue weighted by Crippen LogP contribution is 2.27. The van der Waals surface area contributed by atoms with E-state index < -0.39 is 0 Å². The molecule has 0 aliphatic heterocycles. The summed E-state index contributed by atoms with van der Waals surface area (Å²) in [6, 6.07) is 11.4. The molecule has 1 unspecified atom stereocenters. The maximum absolute atomic E-state index is 13.1. The van der Waals surface area contributed by atoms with Gasteiger partial charge in [-0.2, -0.15) is 0 Å². The number of hydrogen-bond acceptors (Lipinski definition) is 6. The van der Waals surface area contributed by atoms with Crippen LogP contribution in [-0.2, 0) is 4.79 Å². The van der Waals surface area contributed by atoms with E-state index in [0.717, 1.165) is 41.9 Å². The zero-order valence-corrected chi connectivity index (χ0v) is 22.2. The molecule has 0 fully saturated rings. The van der Waals surface area contributed by atoms with E-state index in [4.69, 9.17) is 0 Å². The summed E-state index contributed by atoms with van der Waals surface area (Å²) in [6.45, 7) is 4.92. The molecular weight excluding hydrogens is 484 g/mol. The zero-order valence-electron chi connectivity index (χ0n) is 22.2. The van der Waals surface area contributed by atoms with Crippen LogP contribution in [0.25, 0.3) is 11.3 Å². The maximum atomic E-state index is 13.1. The summed E-state index contributed by atoms with van der Waals surface area (Å²) < 4.78 is 0. The van der Waals surface area contributed by atoms with Gasteiger partial charge in [-0.1, -0.05) is 49.4 Å². The van der Waals surface area contributed by atoms with Crippen molar-refractivity contribution in [2.75, 3.05) is 17.2 Å². The second-order valence-electron chi connectivity index (χ2n) is 9.94. The molecule has 0 saturated carbocycles. The van der Waals surface area contributed by atoms with Gasteiger partial charge in [-0.15, -0.1) is 0 Å². The first kappa shape index (κ1) is 25.9. The van der Waals surface area contributed by atoms with Gasteiger partial charge in [0.05, 0.1) is 5.69 Å². The molecule has 1 atom stereocenters. The lowest BCUT2D eigenvalue weighted by molar-refractivity contribution is -0.112. The lowest BCUT2D eigenvalue weighted by Gasteiger charge is -2.24. The average molecular weight is 517 g/mol. The quantitative estimate of drug-likeness (QED) is 0.320. The van der Waals surface area contributed by atoms with Gasteiger partial charge in [0.25, 0.3) is 5.91 Å². The van der Waals surface area contributed by atoms with Crippen molar-refractivity contribution in [1.82, 2.24) is 20.3 Å². The molecule has 3 N–H and O–H groups in total. The molecule has 196 valence electrons. The van der Waals surface area contributed by atoms with E-state index in [1.54, 1.807) is 18.6 Å². The fourth-order valence-electron chi connectivity index (χ4n) is 4.35. The molecule has 7 heteroatoms. The lowest BCUT2D eigenvalue weighted by Crippen LogP contribution is -2.28. The summed E-state index contributed by atoms with van der Waals surface area (Å²) in [7, 11) is 0. The van der Waals surface area contributed by atoms with Crippen molar-refractivity contribution in [3.8, 4) is 11.3 Å². The van der Waals surface area contributed by atoms with Crippen LogP contribution in [0.1, 0.15) is 25.3 Å². The van der Waals surface area contributed by atoms with Gasteiger partial charge in [-0.25, -0.2) is 9.97 Å².